The van der Waals surface area contributed by atoms with Gasteiger partial charge in [0.1, 0.15) is 18.7 Å². The van der Waals surface area contributed by atoms with Crippen LogP contribution >= 0.6 is 22.9 Å². The third-order valence-corrected chi connectivity index (χ3v) is 5.75. The number of halogens is 1. The maximum Gasteiger partial charge on any atom is 1.00 e. The van der Waals surface area contributed by atoms with E-state index >= 15 is 0 Å². The second kappa shape index (κ2) is 10.9. The van der Waals surface area contributed by atoms with Crippen LogP contribution in [-0.4, -0.2) is 76.3 Å². The van der Waals surface area contributed by atoms with E-state index in [1.54, 1.807) is 0 Å². The Morgan fingerprint density at radius 1 is 1.44 bits per heavy atom. The molecule has 2 atom stereocenters. The van der Waals surface area contributed by atoms with Gasteiger partial charge in [0.15, 0.2) is 32.9 Å². The normalized spacial score (nSPS) is 20.5. The second-order valence-corrected chi connectivity index (χ2v) is 8.53. The van der Waals surface area contributed by atoms with Gasteiger partial charge in [-0.05, 0) is 6.92 Å². The van der Waals surface area contributed by atoms with Crippen LogP contribution in [0.3, 0.4) is 0 Å². The molecular weight excluding hydrogens is 503 g/mol. The van der Waals surface area contributed by atoms with E-state index in [1.807, 2.05) is 0 Å². The Morgan fingerprint density at radius 3 is 2.56 bits per heavy atom. The standard InChI is InChI=1S/C14H17ClN6O8S2.Na/c1-6(22)16-11-14(2,12(25)21(11)31(26,27)28)19-10(24)9(20-29-3)7-5-30-13(17-7)18-8(23)4-15;/h5,11H,4H2,1-3H3,(H,16,22)(H,19,24)(H,17,18,23)(H,26,27,28);/q;+1/p-1/t11-,14-;/m1./s1. The number of alkyl halides is 1. The van der Waals surface area contributed by atoms with Crippen molar-refractivity contribution >= 4 is 67.7 Å². The van der Waals surface area contributed by atoms with Crippen molar-refractivity contribution in [3.05, 3.63) is 11.1 Å². The maximum atomic E-state index is 12.8. The first kappa shape index (κ1) is 28.2. The Hall–Kier alpha value is -1.82. The molecule has 4 amide bonds. The predicted octanol–water partition coefficient (Wildman–Crippen LogP) is -4.69. The summed E-state index contributed by atoms with van der Waals surface area (Å²) >= 11 is 6.34. The molecule has 1 saturated heterocycles. The number of aromatic nitrogens is 1. The van der Waals surface area contributed by atoms with Crippen LogP contribution in [0.5, 0.6) is 0 Å². The number of β-lactam (4-membered cyclic amide) rings is 1. The summed E-state index contributed by atoms with van der Waals surface area (Å²) in [6.07, 6.45) is -1.67. The molecule has 1 aromatic rings. The number of hydrogen-bond donors (Lipinski definition) is 3. The van der Waals surface area contributed by atoms with Gasteiger partial charge < -0.3 is 25.3 Å². The maximum absolute atomic E-state index is 12.8. The molecule has 0 unspecified atom stereocenters. The van der Waals surface area contributed by atoms with Gasteiger partial charge in [0.25, 0.3) is 11.8 Å². The topological polar surface area (TPSA) is 199 Å². The van der Waals surface area contributed by atoms with E-state index < -0.39 is 51.3 Å². The summed E-state index contributed by atoms with van der Waals surface area (Å²) in [5.41, 5.74) is -2.46. The molecule has 14 nitrogen and oxygen atoms in total. The average Bonchev–Trinajstić information content (AvgIpc) is 3.11. The van der Waals surface area contributed by atoms with Crippen LogP contribution in [0.1, 0.15) is 19.5 Å². The third-order valence-electron chi connectivity index (χ3n) is 3.89. The molecule has 0 saturated carbocycles. The number of thiazole rings is 1. The number of carbonyl (C=O) groups excluding carboxylic acids is 4. The zero-order valence-electron chi connectivity index (χ0n) is 17.2. The van der Waals surface area contributed by atoms with E-state index in [-0.39, 0.29) is 50.6 Å². The van der Waals surface area contributed by atoms with E-state index in [9.17, 15) is 32.1 Å². The summed E-state index contributed by atoms with van der Waals surface area (Å²) in [5, 5.41) is 11.7. The fourth-order valence-corrected chi connectivity index (χ4v) is 4.26. The third kappa shape index (κ3) is 5.94. The summed E-state index contributed by atoms with van der Waals surface area (Å²) in [4.78, 5) is 56.6. The Morgan fingerprint density at radius 2 is 2.06 bits per heavy atom. The summed E-state index contributed by atoms with van der Waals surface area (Å²) in [5.74, 6) is -3.91. The van der Waals surface area contributed by atoms with Crippen LogP contribution in [0.2, 0.25) is 0 Å². The molecule has 1 fully saturated rings. The smallest absolute Gasteiger partial charge is 0.731 e. The molecule has 1 aliphatic rings. The molecule has 2 rings (SSSR count). The van der Waals surface area contributed by atoms with Gasteiger partial charge in [0, 0.05) is 12.3 Å². The minimum Gasteiger partial charge on any atom is -0.731 e. The number of oxime groups is 1. The van der Waals surface area contributed by atoms with Gasteiger partial charge in [-0.15, -0.1) is 22.9 Å². The van der Waals surface area contributed by atoms with Crippen molar-refractivity contribution < 1.29 is 66.5 Å². The van der Waals surface area contributed by atoms with Crippen molar-refractivity contribution in [2.75, 3.05) is 18.3 Å². The quantitative estimate of drug-likeness (QED) is 0.0755. The molecule has 0 spiro atoms. The molecule has 0 aliphatic carbocycles. The monoisotopic (exact) mass is 518 g/mol. The van der Waals surface area contributed by atoms with Crippen molar-refractivity contribution in [1.82, 2.24) is 19.9 Å². The van der Waals surface area contributed by atoms with Crippen LogP contribution in [0.25, 0.3) is 0 Å². The molecule has 0 aromatic carbocycles. The molecule has 1 aliphatic heterocycles. The number of nitrogens with zero attached hydrogens (tertiary/aromatic N) is 3. The summed E-state index contributed by atoms with van der Waals surface area (Å²) in [6, 6.07) is 0. The van der Waals surface area contributed by atoms with E-state index in [1.165, 1.54) is 5.38 Å². The molecule has 3 N–H and O–H groups in total. The first-order chi connectivity index (χ1) is 14.3. The molecule has 170 valence electrons. The number of rotatable bonds is 8. The molecule has 32 heavy (non-hydrogen) atoms. The van der Waals surface area contributed by atoms with E-state index in [0.29, 0.717) is 0 Å². The zero-order chi connectivity index (χ0) is 23.6. The molecule has 1 aromatic heterocycles. The minimum absolute atomic E-state index is 0. The first-order valence-corrected chi connectivity index (χ1v) is 10.9. The fourth-order valence-electron chi connectivity index (χ4n) is 2.56. The van der Waals surface area contributed by atoms with Crippen molar-refractivity contribution in [3.8, 4) is 0 Å². The molecule has 18 heteroatoms. The summed E-state index contributed by atoms with van der Waals surface area (Å²) in [7, 11) is -4.12. The van der Waals surface area contributed by atoms with Gasteiger partial charge in [0.05, 0.1) is 0 Å². The van der Waals surface area contributed by atoms with Crippen LogP contribution < -0.4 is 45.5 Å². The Labute approximate surface area is 213 Å². The second-order valence-electron chi connectivity index (χ2n) is 6.16. The molecule has 0 bridgehead atoms. The van der Waals surface area contributed by atoms with Crippen LogP contribution in [0.15, 0.2) is 10.5 Å². The van der Waals surface area contributed by atoms with Gasteiger partial charge in [-0.3, -0.25) is 19.2 Å². The van der Waals surface area contributed by atoms with Crippen LogP contribution in [0, 0.1) is 0 Å². The zero-order valence-corrected chi connectivity index (χ0v) is 21.6. The van der Waals surface area contributed by atoms with Crippen LogP contribution in [0.4, 0.5) is 5.13 Å². The van der Waals surface area contributed by atoms with Gasteiger partial charge in [-0.25, -0.2) is 17.7 Å². The van der Waals surface area contributed by atoms with Gasteiger partial charge in [-0.1, -0.05) is 5.16 Å². The Kier molecular flexibility index (Phi) is 9.58. The van der Waals surface area contributed by atoms with Crippen molar-refractivity contribution in [2.45, 2.75) is 25.6 Å². The SMILES string of the molecule is CON=C(C(=O)N[C@@]1(C)C(=O)N(S(=O)(=O)[O-])[C@H]1NC(C)=O)c1csc(NC(=O)CCl)n1.[Na+]. The number of hydrogen-bond acceptors (Lipinski definition) is 11. The summed E-state index contributed by atoms with van der Waals surface area (Å²) in [6.45, 7) is 2.15. The van der Waals surface area contributed by atoms with Gasteiger partial charge in [0.2, 0.25) is 11.8 Å². The van der Waals surface area contributed by atoms with E-state index in [2.05, 4.69) is 30.9 Å². The number of nitrogens with one attached hydrogen (secondary N) is 3. The fraction of sp³-hybridized carbons (Fsp3) is 0.429. The predicted molar refractivity (Wildman–Crippen MR) is 106 cm³/mol. The first-order valence-electron chi connectivity index (χ1n) is 8.17. The van der Waals surface area contributed by atoms with Crippen LogP contribution in [-0.2, 0) is 34.3 Å². The van der Waals surface area contributed by atoms with Crippen molar-refractivity contribution in [1.29, 1.82) is 0 Å². The molecule has 0 radical (unpaired) electrons. The Bertz CT molecular complexity index is 1060. The van der Waals surface area contributed by atoms with Gasteiger partial charge in [-0.2, -0.15) is 0 Å². The van der Waals surface area contributed by atoms with E-state index in [4.69, 9.17) is 11.6 Å². The molecular formula is C14H16ClN6NaO8S2. The largest absolute Gasteiger partial charge is 1.00 e. The van der Waals surface area contributed by atoms with Gasteiger partial charge >= 0.3 is 29.6 Å². The number of anilines is 1. The van der Waals surface area contributed by atoms with Crippen molar-refractivity contribution in [3.63, 3.8) is 0 Å². The summed E-state index contributed by atoms with van der Waals surface area (Å²) < 4.78 is 34.0. The minimum atomic E-state index is -5.26. The van der Waals surface area contributed by atoms with E-state index in [0.717, 1.165) is 32.3 Å². The Balaban J connectivity index is 0.00000512. The molecule has 2 heterocycles. The number of amides is 4. The number of carbonyl (C=O) groups is 4. The average molecular weight is 519 g/mol. The van der Waals surface area contributed by atoms with Crippen molar-refractivity contribution in [2.24, 2.45) is 5.16 Å².